The van der Waals surface area contributed by atoms with Crippen molar-refractivity contribution in [3.05, 3.63) is 107 Å². The minimum absolute atomic E-state index is 0.838. The third-order valence-corrected chi connectivity index (χ3v) is 9.03. The highest BCUT2D eigenvalue weighted by Crippen LogP contribution is 2.39. The molecule has 0 atom stereocenters. The molecule has 4 aromatic rings. The molecule has 0 saturated heterocycles. The van der Waals surface area contributed by atoms with E-state index in [1.807, 2.05) is 6.21 Å². The Hall–Kier alpha value is -3.78. The largest absolute Gasteiger partial charge is 0.255 e. The lowest BCUT2D eigenvalue weighted by Gasteiger charge is -2.17. The molecule has 0 radical (unpaired) electrons. The van der Waals surface area contributed by atoms with Gasteiger partial charge in [0.15, 0.2) is 0 Å². The first kappa shape index (κ1) is 35.1. The summed E-state index contributed by atoms with van der Waals surface area (Å²) < 4.78 is 0. The number of unbranched alkanes of at least 4 members (excludes halogenated alkanes) is 5. The van der Waals surface area contributed by atoms with E-state index in [9.17, 15) is 0 Å². The van der Waals surface area contributed by atoms with Crippen LogP contribution in [0.2, 0.25) is 0 Å². The molecule has 2 nitrogen and oxygen atoms in total. The summed E-state index contributed by atoms with van der Waals surface area (Å²) >= 11 is 0. The standard InChI is InChI=1S/C44H56N2/c1-6-11-14-21-28-42-34(9-4)29-41(30-37(42)22-12-7-2)46-39(10-5)33-45-40-31-38(23-13-8-3)44(36-26-19-16-20-27-36)43(32-40)35-24-17-15-18-25-35/h15-20,24-27,29-33H,6-14,21-23,28H2,1-5H3. The summed E-state index contributed by atoms with van der Waals surface area (Å²) in [6, 6.07) is 30.9. The Balaban J connectivity index is 1.74. The van der Waals surface area contributed by atoms with Crippen LogP contribution in [-0.2, 0) is 25.7 Å². The van der Waals surface area contributed by atoms with Crippen molar-refractivity contribution < 1.29 is 0 Å². The Morgan fingerprint density at radius 1 is 0.565 bits per heavy atom. The van der Waals surface area contributed by atoms with Gasteiger partial charge in [0.05, 0.1) is 17.1 Å². The lowest BCUT2D eigenvalue weighted by atomic mass is 9.88. The fourth-order valence-corrected chi connectivity index (χ4v) is 6.43. The highest BCUT2D eigenvalue weighted by atomic mass is 14.8. The number of hydrogen-bond donors (Lipinski definition) is 0. The van der Waals surface area contributed by atoms with E-state index in [4.69, 9.17) is 9.98 Å². The Morgan fingerprint density at radius 3 is 1.80 bits per heavy atom. The van der Waals surface area contributed by atoms with Crippen molar-refractivity contribution in [2.75, 3.05) is 0 Å². The SMILES string of the molecule is CCCCCCc1c(CC)cc(N=C(C=Nc2cc(CCCC)c(-c3ccccc3)c(-c3ccccc3)c2)CC)cc1CCCC. The second-order valence-electron chi connectivity index (χ2n) is 12.6. The van der Waals surface area contributed by atoms with Crippen molar-refractivity contribution in [3.63, 3.8) is 0 Å². The summed E-state index contributed by atoms with van der Waals surface area (Å²) in [7, 11) is 0. The summed E-state index contributed by atoms with van der Waals surface area (Å²) in [4.78, 5) is 10.3. The Labute approximate surface area is 280 Å². The molecule has 0 N–H and O–H groups in total. The first-order valence-electron chi connectivity index (χ1n) is 18.2. The van der Waals surface area contributed by atoms with E-state index in [1.165, 1.54) is 83.9 Å². The summed E-state index contributed by atoms with van der Waals surface area (Å²) in [6.07, 6.45) is 17.2. The molecule has 0 heterocycles. The van der Waals surface area contributed by atoms with Crippen LogP contribution >= 0.6 is 0 Å². The summed E-state index contributed by atoms with van der Waals surface area (Å²) in [5.41, 5.74) is 14.1. The average molecular weight is 613 g/mol. The molecule has 0 amide bonds. The Morgan fingerprint density at radius 2 is 1.17 bits per heavy atom. The summed E-state index contributed by atoms with van der Waals surface area (Å²) in [5.74, 6) is 0. The van der Waals surface area contributed by atoms with Crippen molar-refractivity contribution >= 4 is 23.3 Å². The van der Waals surface area contributed by atoms with E-state index in [1.54, 1.807) is 5.56 Å². The molecule has 0 bridgehead atoms. The van der Waals surface area contributed by atoms with Gasteiger partial charge in [-0.15, -0.1) is 0 Å². The van der Waals surface area contributed by atoms with Gasteiger partial charge in [0.25, 0.3) is 0 Å². The second-order valence-corrected chi connectivity index (χ2v) is 12.6. The lowest BCUT2D eigenvalue weighted by Crippen LogP contribution is -2.02. The fourth-order valence-electron chi connectivity index (χ4n) is 6.43. The number of aryl methyl sites for hydroxylation is 3. The van der Waals surface area contributed by atoms with E-state index in [0.29, 0.717) is 0 Å². The maximum atomic E-state index is 5.21. The highest BCUT2D eigenvalue weighted by molar-refractivity contribution is 6.31. The van der Waals surface area contributed by atoms with Crippen LogP contribution in [0.1, 0.15) is 115 Å². The van der Waals surface area contributed by atoms with Gasteiger partial charge in [0.2, 0.25) is 0 Å². The van der Waals surface area contributed by atoms with E-state index in [2.05, 4.69) is 120 Å². The van der Waals surface area contributed by atoms with Crippen LogP contribution in [0.3, 0.4) is 0 Å². The molecule has 0 aliphatic carbocycles. The number of nitrogens with zero attached hydrogens (tertiary/aromatic N) is 2. The number of hydrogen-bond acceptors (Lipinski definition) is 2. The molecule has 46 heavy (non-hydrogen) atoms. The van der Waals surface area contributed by atoms with Gasteiger partial charge in [0, 0.05) is 6.21 Å². The van der Waals surface area contributed by atoms with Crippen molar-refractivity contribution in [3.8, 4) is 22.3 Å². The van der Waals surface area contributed by atoms with Gasteiger partial charge in [-0.3, -0.25) is 9.98 Å². The van der Waals surface area contributed by atoms with E-state index in [0.717, 1.165) is 55.6 Å². The molecular formula is C44H56N2. The van der Waals surface area contributed by atoms with Crippen molar-refractivity contribution in [2.45, 2.75) is 118 Å². The first-order valence-corrected chi connectivity index (χ1v) is 18.2. The van der Waals surface area contributed by atoms with Crippen LogP contribution < -0.4 is 0 Å². The fraction of sp³-hybridized carbons (Fsp3) is 0.409. The van der Waals surface area contributed by atoms with Crippen LogP contribution in [-0.4, -0.2) is 11.9 Å². The van der Waals surface area contributed by atoms with Gasteiger partial charge in [-0.1, -0.05) is 127 Å². The number of rotatable bonds is 18. The van der Waals surface area contributed by atoms with Gasteiger partial charge in [-0.25, -0.2) is 0 Å². The third kappa shape index (κ3) is 9.86. The monoisotopic (exact) mass is 612 g/mol. The van der Waals surface area contributed by atoms with E-state index in [-0.39, 0.29) is 0 Å². The summed E-state index contributed by atoms with van der Waals surface area (Å²) in [6.45, 7) is 11.3. The topological polar surface area (TPSA) is 24.7 Å². The van der Waals surface area contributed by atoms with E-state index >= 15 is 0 Å². The third-order valence-electron chi connectivity index (χ3n) is 9.03. The number of aliphatic imine (C=N–C) groups is 2. The molecule has 4 rings (SSSR count). The predicted octanol–water partition coefficient (Wildman–Crippen LogP) is 13.3. The molecule has 4 aromatic carbocycles. The first-order chi connectivity index (χ1) is 22.6. The molecule has 0 spiro atoms. The van der Waals surface area contributed by atoms with Crippen molar-refractivity contribution in [2.24, 2.45) is 9.98 Å². The van der Waals surface area contributed by atoms with Gasteiger partial charge < -0.3 is 0 Å². The Bertz CT molecular complexity index is 1550. The molecular weight excluding hydrogens is 556 g/mol. The molecule has 2 heteroatoms. The molecule has 242 valence electrons. The normalized spacial score (nSPS) is 11.9. The van der Waals surface area contributed by atoms with Gasteiger partial charge in [-0.05, 0) is 120 Å². The van der Waals surface area contributed by atoms with Crippen LogP contribution in [0, 0.1) is 0 Å². The molecule has 0 aromatic heterocycles. The predicted molar refractivity (Wildman–Crippen MR) is 204 cm³/mol. The number of benzene rings is 4. The smallest absolute Gasteiger partial charge is 0.0639 e. The minimum Gasteiger partial charge on any atom is -0.255 e. The van der Waals surface area contributed by atoms with Crippen LogP contribution in [0.4, 0.5) is 11.4 Å². The molecule has 0 saturated carbocycles. The van der Waals surface area contributed by atoms with Crippen molar-refractivity contribution in [1.29, 1.82) is 0 Å². The minimum atomic E-state index is 0.838. The van der Waals surface area contributed by atoms with Crippen LogP contribution in [0.15, 0.2) is 94.9 Å². The van der Waals surface area contributed by atoms with E-state index < -0.39 is 0 Å². The van der Waals surface area contributed by atoms with Crippen LogP contribution in [0.25, 0.3) is 22.3 Å². The van der Waals surface area contributed by atoms with Crippen molar-refractivity contribution in [1.82, 2.24) is 0 Å². The quantitative estimate of drug-likeness (QED) is 0.0789. The molecule has 0 fully saturated rings. The molecule has 0 unspecified atom stereocenters. The zero-order valence-electron chi connectivity index (χ0n) is 29.2. The van der Waals surface area contributed by atoms with Gasteiger partial charge in [-0.2, -0.15) is 0 Å². The molecule has 0 aliphatic heterocycles. The van der Waals surface area contributed by atoms with Gasteiger partial charge in [0.1, 0.15) is 0 Å². The summed E-state index contributed by atoms with van der Waals surface area (Å²) in [5, 5.41) is 0. The maximum Gasteiger partial charge on any atom is 0.0639 e. The van der Waals surface area contributed by atoms with Crippen LogP contribution in [0.5, 0.6) is 0 Å². The zero-order valence-corrected chi connectivity index (χ0v) is 29.2. The zero-order chi connectivity index (χ0) is 32.6. The second kappa shape index (κ2) is 19.0. The Kier molecular flexibility index (Phi) is 14.5. The molecule has 0 aliphatic rings. The highest BCUT2D eigenvalue weighted by Gasteiger charge is 2.15. The lowest BCUT2D eigenvalue weighted by molar-refractivity contribution is 0.660. The maximum absolute atomic E-state index is 5.21. The average Bonchev–Trinajstić information content (AvgIpc) is 3.10. The van der Waals surface area contributed by atoms with Gasteiger partial charge >= 0.3 is 0 Å².